The largest absolute Gasteiger partial charge is 0.416 e. The number of benzene rings is 2. The summed E-state index contributed by atoms with van der Waals surface area (Å²) in [6.07, 6.45) is -2.53. The van der Waals surface area contributed by atoms with Crippen LogP contribution in [0, 0.1) is 11.2 Å². The van der Waals surface area contributed by atoms with Crippen LogP contribution < -0.4 is 15.5 Å². The molecule has 0 bridgehead atoms. The van der Waals surface area contributed by atoms with Crippen molar-refractivity contribution in [1.82, 2.24) is 5.32 Å². The Morgan fingerprint density at radius 1 is 1.23 bits per heavy atom. The molecule has 4 rings (SSSR count). The zero-order valence-corrected chi connectivity index (χ0v) is 16.9. The molecule has 0 fully saturated rings. The third kappa shape index (κ3) is 4.67. The Kier molecular flexibility index (Phi) is 6.15. The molecule has 2 aromatic carbocycles. The molecule has 1 atom stereocenters. The third-order valence-electron chi connectivity index (χ3n) is 5.61. The lowest BCUT2D eigenvalue weighted by Crippen LogP contribution is -2.29. The predicted octanol–water partition coefficient (Wildman–Crippen LogP) is 4.65. The minimum Gasteiger partial charge on any atom is -0.375 e. The van der Waals surface area contributed by atoms with Gasteiger partial charge < -0.3 is 25.7 Å². The van der Waals surface area contributed by atoms with Gasteiger partial charge >= 0.3 is 6.18 Å². The van der Waals surface area contributed by atoms with Gasteiger partial charge in [0.1, 0.15) is 5.82 Å². The Labute approximate surface area is 177 Å². The molecule has 166 valence electrons. The molecule has 0 amide bonds. The molecule has 2 heterocycles. The van der Waals surface area contributed by atoms with Crippen LogP contribution in [0.1, 0.15) is 29.0 Å². The van der Waals surface area contributed by atoms with Gasteiger partial charge in [-0.2, -0.15) is 13.2 Å². The van der Waals surface area contributed by atoms with Crippen LogP contribution in [0.3, 0.4) is 0 Å². The highest BCUT2D eigenvalue weighted by atomic mass is 19.4. The van der Waals surface area contributed by atoms with Crippen LogP contribution in [0.4, 0.5) is 34.6 Å². The molecular formula is C22H24F4N4O. The Hall–Kier alpha value is -2.65. The summed E-state index contributed by atoms with van der Waals surface area (Å²) in [5, 5.41) is 13.3. The first-order chi connectivity index (χ1) is 14.9. The van der Waals surface area contributed by atoms with Gasteiger partial charge in [-0.15, -0.1) is 0 Å². The highest BCUT2D eigenvalue weighted by Crippen LogP contribution is 2.43. The second-order valence-corrected chi connectivity index (χ2v) is 7.78. The van der Waals surface area contributed by atoms with E-state index in [1.807, 2.05) is 12.1 Å². The van der Waals surface area contributed by atoms with Gasteiger partial charge in [0.05, 0.1) is 24.5 Å². The molecule has 0 aromatic heterocycles. The van der Waals surface area contributed by atoms with Crippen LogP contribution in [0.25, 0.3) is 0 Å². The number of hydrogen-bond donors (Lipinski definition) is 3. The average molecular weight is 436 g/mol. The minimum atomic E-state index is -4.55. The van der Waals surface area contributed by atoms with E-state index < -0.39 is 17.6 Å². The smallest absolute Gasteiger partial charge is 0.375 e. The summed E-state index contributed by atoms with van der Waals surface area (Å²) in [7, 11) is 0. The molecular weight excluding hydrogens is 412 g/mol. The van der Waals surface area contributed by atoms with Crippen molar-refractivity contribution in [2.75, 3.05) is 43.0 Å². The zero-order chi connectivity index (χ0) is 22.0. The van der Waals surface area contributed by atoms with Gasteiger partial charge in [-0.05, 0) is 48.5 Å². The molecule has 0 saturated carbocycles. The second-order valence-electron chi connectivity index (χ2n) is 7.78. The standard InChI is InChI=1S/C22H24F4N4O/c23-19-3-2-16(22(24,25)26)9-20(19)29-17-8-14-13-31-7-6-30-12-15(11-28-5-1-4-27)18(10-17)21(14)30/h2-4,8-10,15,27-29H,1,5-7,11-13H2/t15-/m1/s1. The molecule has 0 aliphatic carbocycles. The fourth-order valence-electron chi connectivity index (χ4n) is 4.19. The molecule has 2 aliphatic rings. The van der Waals surface area contributed by atoms with E-state index in [4.69, 9.17) is 10.1 Å². The van der Waals surface area contributed by atoms with E-state index in [-0.39, 0.29) is 11.6 Å². The van der Waals surface area contributed by atoms with Gasteiger partial charge in [0, 0.05) is 49.0 Å². The fourth-order valence-corrected chi connectivity index (χ4v) is 4.19. The van der Waals surface area contributed by atoms with E-state index in [2.05, 4.69) is 15.5 Å². The number of nitrogens with zero attached hydrogens (tertiary/aromatic N) is 1. The van der Waals surface area contributed by atoms with E-state index in [0.717, 1.165) is 54.6 Å². The highest BCUT2D eigenvalue weighted by molar-refractivity contribution is 5.73. The SMILES string of the molecule is N=CCCNC[C@@H]1CN2CCOCc3cc(Nc4cc(C(F)(F)F)ccc4F)cc1c32. The summed E-state index contributed by atoms with van der Waals surface area (Å²) >= 11 is 0. The fraction of sp³-hybridized carbons (Fsp3) is 0.409. The lowest BCUT2D eigenvalue weighted by atomic mass is 9.97. The van der Waals surface area contributed by atoms with Crippen LogP contribution in [0.15, 0.2) is 30.3 Å². The minimum absolute atomic E-state index is 0.186. The average Bonchev–Trinajstić information content (AvgIpc) is 2.93. The van der Waals surface area contributed by atoms with Crippen molar-refractivity contribution in [1.29, 1.82) is 5.41 Å². The van der Waals surface area contributed by atoms with Crippen molar-refractivity contribution >= 4 is 23.3 Å². The van der Waals surface area contributed by atoms with Crippen molar-refractivity contribution in [3.8, 4) is 0 Å². The lowest BCUT2D eigenvalue weighted by Gasteiger charge is -2.19. The lowest BCUT2D eigenvalue weighted by molar-refractivity contribution is -0.137. The number of hydrogen-bond acceptors (Lipinski definition) is 5. The van der Waals surface area contributed by atoms with Gasteiger partial charge in [-0.1, -0.05) is 0 Å². The summed E-state index contributed by atoms with van der Waals surface area (Å²) in [5.41, 5.74) is 2.52. The molecule has 3 N–H and O–H groups in total. The Bertz CT molecular complexity index is 963. The second kappa shape index (κ2) is 8.84. The van der Waals surface area contributed by atoms with Crippen molar-refractivity contribution in [3.63, 3.8) is 0 Å². The van der Waals surface area contributed by atoms with Crippen molar-refractivity contribution < 1.29 is 22.3 Å². The van der Waals surface area contributed by atoms with Crippen LogP contribution in [0.5, 0.6) is 0 Å². The zero-order valence-electron chi connectivity index (χ0n) is 16.9. The number of ether oxygens (including phenoxy) is 1. The van der Waals surface area contributed by atoms with E-state index in [1.54, 1.807) is 0 Å². The van der Waals surface area contributed by atoms with E-state index in [0.29, 0.717) is 31.9 Å². The third-order valence-corrected chi connectivity index (χ3v) is 5.61. The summed E-state index contributed by atoms with van der Waals surface area (Å²) in [6, 6.07) is 6.07. The van der Waals surface area contributed by atoms with Crippen molar-refractivity contribution in [2.24, 2.45) is 0 Å². The van der Waals surface area contributed by atoms with E-state index >= 15 is 0 Å². The number of alkyl halides is 3. The summed E-state index contributed by atoms with van der Waals surface area (Å²) in [5.74, 6) is -0.562. The summed E-state index contributed by atoms with van der Waals surface area (Å²) in [6.45, 7) is 3.99. The van der Waals surface area contributed by atoms with Crippen LogP contribution in [0.2, 0.25) is 0 Å². The molecule has 31 heavy (non-hydrogen) atoms. The highest BCUT2D eigenvalue weighted by Gasteiger charge is 2.33. The number of rotatable bonds is 7. The Morgan fingerprint density at radius 2 is 2.06 bits per heavy atom. The van der Waals surface area contributed by atoms with Crippen LogP contribution in [-0.2, 0) is 17.5 Å². The monoisotopic (exact) mass is 436 g/mol. The van der Waals surface area contributed by atoms with Crippen LogP contribution in [-0.4, -0.2) is 39.0 Å². The van der Waals surface area contributed by atoms with Gasteiger partial charge in [0.25, 0.3) is 0 Å². The molecule has 5 nitrogen and oxygen atoms in total. The molecule has 0 radical (unpaired) electrons. The van der Waals surface area contributed by atoms with Gasteiger partial charge in [-0.25, -0.2) is 4.39 Å². The number of halogens is 4. The van der Waals surface area contributed by atoms with E-state index in [9.17, 15) is 17.6 Å². The normalized spacial score (nSPS) is 17.9. The van der Waals surface area contributed by atoms with E-state index in [1.165, 1.54) is 6.21 Å². The first-order valence-electron chi connectivity index (χ1n) is 10.2. The quantitative estimate of drug-likeness (QED) is 0.336. The number of anilines is 3. The van der Waals surface area contributed by atoms with Gasteiger partial charge in [0.2, 0.25) is 0 Å². The molecule has 0 spiro atoms. The maximum Gasteiger partial charge on any atom is 0.416 e. The first kappa shape index (κ1) is 21.6. The number of nitrogens with one attached hydrogen (secondary N) is 3. The van der Waals surface area contributed by atoms with Gasteiger partial charge in [-0.3, -0.25) is 0 Å². The van der Waals surface area contributed by atoms with Gasteiger partial charge in [0.15, 0.2) is 0 Å². The molecule has 2 aliphatic heterocycles. The molecule has 2 aromatic rings. The first-order valence-corrected chi connectivity index (χ1v) is 10.2. The maximum atomic E-state index is 14.3. The summed E-state index contributed by atoms with van der Waals surface area (Å²) in [4.78, 5) is 2.27. The van der Waals surface area contributed by atoms with Crippen molar-refractivity contribution in [2.45, 2.75) is 25.1 Å². The predicted molar refractivity (Wildman–Crippen MR) is 112 cm³/mol. The molecule has 0 unspecified atom stereocenters. The summed E-state index contributed by atoms with van der Waals surface area (Å²) < 4.78 is 59.1. The molecule has 0 saturated heterocycles. The van der Waals surface area contributed by atoms with Crippen LogP contribution >= 0.6 is 0 Å². The Morgan fingerprint density at radius 3 is 2.84 bits per heavy atom. The Balaban J connectivity index is 1.65. The van der Waals surface area contributed by atoms with Crippen molar-refractivity contribution in [3.05, 3.63) is 52.8 Å². The topological polar surface area (TPSA) is 60.4 Å². The molecule has 9 heteroatoms. The maximum absolute atomic E-state index is 14.3.